The maximum atomic E-state index is 12.9. The number of unbranched alkanes of at least 4 members (excludes halogenated alkanes) is 14. The fourth-order valence-electron chi connectivity index (χ4n) is 7.22. The van der Waals surface area contributed by atoms with Crippen molar-refractivity contribution >= 4 is 11.9 Å². The fraction of sp³-hybridized carbons (Fsp3) is 0.796. The second-order valence-corrected chi connectivity index (χ2v) is 16.9. The third-order valence-corrected chi connectivity index (χ3v) is 11.3. The zero-order valence-electron chi connectivity index (χ0n) is 38.8. The first kappa shape index (κ1) is 57.6. The van der Waals surface area contributed by atoms with Gasteiger partial charge in [-0.05, 0) is 77.0 Å². The monoisotopic (exact) mass is 913 g/mol. The molecular formula is C49H84O15. The molecule has 15 nitrogen and oxygen atoms in total. The quantitative estimate of drug-likeness (QED) is 0.0220. The van der Waals surface area contributed by atoms with E-state index in [0.29, 0.717) is 12.8 Å². The van der Waals surface area contributed by atoms with Gasteiger partial charge in [0.15, 0.2) is 18.7 Å². The first-order valence-corrected chi connectivity index (χ1v) is 24.2. The van der Waals surface area contributed by atoms with Gasteiger partial charge < -0.3 is 64.2 Å². The molecule has 0 aromatic carbocycles. The Labute approximate surface area is 382 Å². The number of rotatable bonds is 36. The van der Waals surface area contributed by atoms with Gasteiger partial charge in [0, 0.05) is 12.8 Å². The van der Waals surface area contributed by atoms with Crippen molar-refractivity contribution in [3.05, 3.63) is 48.6 Å². The zero-order valence-corrected chi connectivity index (χ0v) is 38.8. The Hall–Kier alpha value is -2.54. The van der Waals surface area contributed by atoms with E-state index in [4.69, 9.17) is 28.4 Å². The zero-order chi connectivity index (χ0) is 46.8. The lowest BCUT2D eigenvalue weighted by Gasteiger charge is -2.42. The summed E-state index contributed by atoms with van der Waals surface area (Å²) in [6.45, 7) is 2.47. The number of ether oxygens (including phenoxy) is 6. The average Bonchev–Trinajstić information content (AvgIpc) is 3.29. The molecule has 4 unspecified atom stereocenters. The lowest BCUT2D eigenvalue weighted by atomic mass is 9.98. The van der Waals surface area contributed by atoms with Crippen molar-refractivity contribution in [2.75, 3.05) is 26.4 Å². The van der Waals surface area contributed by atoms with E-state index in [2.05, 4.69) is 62.5 Å². The summed E-state index contributed by atoms with van der Waals surface area (Å²) in [6.07, 6.45) is 21.5. The van der Waals surface area contributed by atoms with E-state index in [0.717, 1.165) is 70.6 Å². The molecule has 2 heterocycles. The highest BCUT2D eigenvalue weighted by Crippen LogP contribution is 2.26. The van der Waals surface area contributed by atoms with Crippen LogP contribution in [0, 0.1) is 0 Å². The number of carbonyl (C=O) groups is 2. The van der Waals surface area contributed by atoms with Crippen LogP contribution in [0.5, 0.6) is 0 Å². The normalized spacial score (nSPS) is 27.0. The van der Waals surface area contributed by atoms with Crippen LogP contribution in [0.15, 0.2) is 48.6 Å². The highest BCUT2D eigenvalue weighted by molar-refractivity contribution is 5.70. The molecule has 0 radical (unpaired) electrons. The van der Waals surface area contributed by atoms with Crippen molar-refractivity contribution in [1.82, 2.24) is 0 Å². The molecule has 2 fully saturated rings. The minimum atomic E-state index is -1.77. The predicted molar refractivity (Wildman–Crippen MR) is 243 cm³/mol. The third-order valence-electron chi connectivity index (χ3n) is 11.3. The van der Waals surface area contributed by atoms with E-state index in [1.165, 1.54) is 44.9 Å². The van der Waals surface area contributed by atoms with Crippen molar-refractivity contribution in [2.24, 2.45) is 0 Å². The molecule has 2 rings (SSSR count). The second kappa shape index (κ2) is 36.6. The van der Waals surface area contributed by atoms with Crippen molar-refractivity contribution in [3.63, 3.8) is 0 Å². The second-order valence-electron chi connectivity index (χ2n) is 16.9. The van der Waals surface area contributed by atoms with Gasteiger partial charge in [-0.3, -0.25) is 9.59 Å². The maximum absolute atomic E-state index is 12.9. The smallest absolute Gasteiger partial charge is 0.306 e. The summed E-state index contributed by atoms with van der Waals surface area (Å²) in [6, 6.07) is 0. The Bertz CT molecular complexity index is 1300. The average molecular weight is 913 g/mol. The highest BCUT2D eigenvalue weighted by Gasteiger charge is 2.47. The molecule has 2 aliphatic heterocycles. The largest absolute Gasteiger partial charge is 0.462 e. The molecule has 2 aliphatic rings. The topological polar surface area (TPSA) is 231 Å². The van der Waals surface area contributed by atoms with Gasteiger partial charge in [0.2, 0.25) is 0 Å². The molecule has 0 spiro atoms. The molecule has 0 aromatic heterocycles. The minimum absolute atomic E-state index is 0.145. The van der Waals surface area contributed by atoms with E-state index in [1.807, 2.05) is 0 Å². The lowest BCUT2D eigenvalue weighted by molar-refractivity contribution is -0.332. The van der Waals surface area contributed by atoms with Crippen LogP contribution < -0.4 is 0 Å². The number of aliphatic hydroxyl groups is 7. The molecule has 7 N–H and O–H groups in total. The molecule has 0 saturated carbocycles. The van der Waals surface area contributed by atoms with Crippen molar-refractivity contribution in [2.45, 2.75) is 223 Å². The number of aliphatic hydroxyl groups excluding tert-OH is 7. The van der Waals surface area contributed by atoms with Crippen LogP contribution in [-0.4, -0.2) is 142 Å². The summed E-state index contributed by atoms with van der Waals surface area (Å²) in [4.78, 5) is 25.7. The van der Waals surface area contributed by atoms with Crippen LogP contribution in [0.25, 0.3) is 0 Å². The Morgan fingerprint density at radius 1 is 0.500 bits per heavy atom. The molecule has 0 amide bonds. The third kappa shape index (κ3) is 24.8. The Morgan fingerprint density at radius 3 is 1.55 bits per heavy atom. The standard InChI is InChI=1S/C49H84O15/c1-3-5-7-9-11-13-15-17-18-20-21-23-25-27-29-31-40(51)59-34-37(62-41(52)32-30-28-26-24-22-19-16-14-12-10-8-6-4-2)35-60-48-47(58)45(56)43(54)39(64-48)36-61-49-46(57)44(55)42(53)38(33-50)63-49/h11,13-14,16-18,21,23,37-39,42-50,53-58H,3-10,12,15,19-20,22,24-36H2,1-2H3/b13-11+,16-14+,18-17+,23-21+/t37-,38-,39-,42+,43+,44?,45?,46?,47?,48-,49-/m1/s1. The van der Waals surface area contributed by atoms with Gasteiger partial charge >= 0.3 is 11.9 Å². The van der Waals surface area contributed by atoms with E-state index < -0.39 is 99.3 Å². The Balaban J connectivity index is 1.86. The summed E-state index contributed by atoms with van der Waals surface area (Å²) in [7, 11) is 0. The van der Waals surface area contributed by atoms with Gasteiger partial charge in [0.1, 0.15) is 55.4 Å². The summed E-state index contributed by atoms with van der Waals surface area (Å²) in [5.74, 6) is -0.984. The van der Waals surface area contributed by atoms with Gasteiger partial charge in [0.25, 0.3) is 0 Å². The van der Waals surface area contributed by atoms with Gasteiger partial charge in [-0.2, -0.15) is 0 Å². The molecule has 0 aliphatic carbocycles. The van der Waals surface area contributed by atoms with Crippen molar-refractivity contribution in [3.8, 4) is 0 Å². The summed E-state index contributed by atoms with van der Waals surface area (Å²) >= 11 is 0. The number of esters is 2. The molecule has 0 aromatic rings. The number of hydrogen-bond donors (Lipinski definition) is 7. The van der Waals surface area contributed by atoms with Crippen LogP contribution in [-0.2, 0) is 38.0 Å². The van der Waals surface area contributed by atoms with Gasteiger partial charge in [-0.1, -0.05) is 114 Å². The van der Waals surface area contributed by atoms with Crippen LogP contribution in [0.3, 0.4) is 0 Å². The predicted octanol–water partition coefficient (Wildman–Crippen LogP) is 5.93. The molecule has 11 atom stereocenters. The lowest BCUT2D eigenvalue weighted by Crippen LogP contribution is -2.61. The first-order chi connectivity index (χ1) is 31.0. The fourth-order valence-corrected chi connectivity index (χ4v) is 7.22. The van der Waals surface area contributed by atoms with Crippen LogP contribution in [0.2, 0.25) is 0 Å². The van der Waals surface area contributed by atoms with Gasteiger partial charge in [-0.25, -0.2) is 0 Å². The first-order valence-electron chi connectivity index (χ1n) is 24.2. The van der Waals surface area contributed by atoms with Crippen LogP contribution in [0.4, 0.5) is 0 Å². The highest BCUT2D eigenvalue weighted by atomic mass is 16.7. The number of allylic oxidation sites excluding steroid dienone is 8. The summed E-state index contributed by atoms with van der Waals surface area (Å²) in [5.41, 5.74) is 0. The number of hydrogen-bond acceptors (Lipinski definition) is 15. The number of carbonyl (C=O) groups excluding carboxylic acids is 2. The van der Waals surface area contributed by atoms with E-state index in [1.54, 1.807) is 0 Å². The van der Waals surface area contributed by atoms with Gasteiger partial charge in [-0.15, -0.1) is 0 Å². The molecule has 370 valence electrons. The van der Waals surface area contributed by atoms with E-state index >= 15 is 0 Å². The molecule has 0 bridgehead atoms. The molecular weight excluding hydrogens is 829 g/mol. The molecule has 64 heavy (non-hydrogen) atoms. The maximum Gasteiger partial charge on any atom is 0.306 e. The minimum Gasteiger partial charge on any atom is -0.462 e. The molecule has 2 saturated heterocycles. The van der Waals surface area contributed by atoms with Gasteiger partial charge in [0.05, 0.1) is 19.8 Å². The van der Waals surface area contributed by atoms with Crippen molar-refractivity contribution in [1.29, 1.82) is 0 Å². The van der Waals surface area contributed by atoms with Crippen molar-refractivity contribution < 1.29 is 73.8 Å². The van der Waals surface area contributed by atoms with E-state index in [9.17, 15) is 45.3 Å². The summed E-state index contributed by atoms with van der Waals surface area (Å²) in [5, 5.41) is 71.9. The van der Waals surface area contributed by atoms with E-state index in [-0.39, 0.29) is 19.4 Å². The summed E-state index contributed by atoms with van der Waals surface area (Å²) < 4.78 is 33.4. The Kier molecular flexibility index (Phi) is 32.9. The molecule has 15 heteroatoms. The SMILES string of the molecule is CCCCC/C=C/C/C=C/C/C=C/CCCCC(=O)OC[C@H](CO[C@@H]1O[C@H](CO[C@@H]2O[C@H](CO)[C@H](O)C(O)C2O)[C@H](O)C(O)C1O)OC(=O)CCCCCCC/C=C/CCCCCC. The van der Waals surface area contributed by atoms with Crippen LogP contribution >= 0.6 is 0 Å². The Morgan fingerprint density at radius 2 is 0.938 bits per heavy atom. The van der Waals surface area contributed by atoms with Crippen LogP contribution in [0.1, 0.15) is 155 Å².